The van der Waals surface area contributed by atoms with Crippen molar-refractivity contribution >= 4 is 11.9 Å². The number of ether oxygens (including phenoxy) is 2. The molecular formula is C13H23NO5. The van der Waals surface area contributed by atoms with Gasteiger partial charge in [-0.15, -0.1) is 0 Å². The Hall–Kier alpha value is -1.14. The summed E-state index contributed by atoms with van der Waals surface area (Å²) < 4.78 is 10.6. The molecule has 1 rings (SSSR count). The Kier molecular flexibility index (Phi) is 6.24. The summed E-state index contributed by atoms with van der Waals surface area (Å²) in [6, 6.07) is -0.905. The Morgan fingerprint density at radius 1 is 1.42 bits per heavy atom. The van der Waals surface area contributed by atoms with Gasteiger partial charge in [-0.1, -0.05) is 13.8 Å². The fourth-order valence-electron chi connectivity index (χ4n) is 1.86. The number of amides is 1. The number of carbonyl (C=O) groups excluding carboxylic acids is 1. The highest BCUT2D eigenvalue weighted by atomic mass is 16.5. The van der Waals surface area contributed by atoms with Gasteiger partial charge in [0.2, 0.25) is 0 Å². The Morgan fingerprint density at radius 2 is 2.11 bits per heavy atom. The first-order valence-corrected chi connectivity index (χ1v) is 6.66. The molecule has 1 fully saturated rings. The molecular weight excluding hydrogens is 250 g/mol. The van der Waals surface area contributed by atoms with E-state index in [0.29, 0.717) is 25.7 Å². The number of hydrogen-bond donors (Lipinski definition) is 1. The summed E-state index contributed by atoms with van der Waals surface area (Å²) in [5.74, 6) is -0.806. The van der Waals surface area contributed by atoms with Crippen LogP contribution < -0.4 is 0 Å². The normalized spacial score (nSPS) is 21.5. The third kappa shape index (κ3) is 4.80. The molecule has 0 aromatic carbocycles. The number of carboxylic acid groups (broad SMARTS) is 1. The maximum absolute atomic E-state index is 12.2. The Labute approximate surface area is 113 Å². The molecule has 0 unspecified atom stereocenters. The van der Waals surface area contributed by atoms with Gasteiger partial charge in [-0.3, -0.25) is 4.79 Å². The van der Waals surface area contributed by atoms with Gasteiger partial charge < -0.3 is 19.5 Å². The highest BCUT2D eigenvalue weighted by Crippen LogP contribution is 2.11. The number of morpholine rings is 1. The van der Waals surface area contributed by atoms with Crippen LogP contribution in [0.1, 0.15) is 27.2 Å². The van der Waals surface area contributed by atoms with Crippen LogP contribution in [0.3, 0.4) is 0 Å². The van der Waals surface area contributed by atoms with Crippen molar-refractivity contribution < 1.29 is 24.2 Å². The standard InChI is InChI=1S/C13H23NO5/c1-9(2)4-6-19-10(3)12(15)14-5-7-18-8-11(14)13(16)17/h9-11H,4-8H2,1-3H3,(H,16,17)/t10-,11-/m1/s1. The lowest BCUT2D eigenvalue weighted by Gasteiger charge is -2.34. The Morgan fingerprint density at radius 3 is 2.68 bits per heavy atom. The van der Waals surface area contributed by atoms with E-state index in [9.17, 15) is 9.59 Å². The van der Waals surface area contributed by atoms with E-state index in [4.69, 9.17) is 14.6 Å². The lowest BCUT2D eigenvalue weighted by Crippen LogP contribution is -2.55. The zero-order chi connectivity index (χ0) is 14.4. The van der Waals surface area contributed by atoms with E-state index in [1.807, 2.05) is 0 Å². The first kappa shape index (κ1) is 15.9. The Balaban J connectivity index is 2.51. The fraction of sp³-hybridized carbons (Fsp3) is 0.846. The highest BCUT2D eigenvalue weighted by molar-refractivity contribution is 5.86. The van der Waals surface area contributed by atoms with Gasteiger partial charge in [-0.2, -0.15) is 0 Å². The third-order valence-electron chi connectivity index (χ3n) is 3.11. The minimum Gasteiger partial charge on any atom is -0.480 e. The molecule has 0 saturated carbocycles. The highest BCUT2D eigenvalue weighted by Gasteiger charge is 2.34. The summed E-state index contributed by atoms with van der Waals surface area (Å²) in [6.07, 6.45) is 0.266. The summed E-state index contributed by atoms with van der Waals surface area (Å²) in [7, 11) is 0. The SMILES string of the molecule is CC(C)CCO[C@H](C)C(=O)N1CCOC[C@@H]1C(=O)O. The smallest absolute Gasteiger partial charge is 0.328 e. The third-order valence-corrected chi connectivity index (χ3v) is 3.11. The molecule has 1 heterocycles. The molecule has 0 radical (unpaired) electrons. The molecule has 0 aromatic heterocycles. The molecule has 1 aliphatic rings. The second-order valence-corrected chi connectivity index (χ2v) is 5.16. The molecule has 19 heavy (non-hydrogen) atoms. The fourth-order valence-corrected chi connectivity index (χ4v) is 1.86. The van der Waals surface area contributed by atoms with Crippen LogP contribution >= 0.6 is 0 Å². The van der Waals surface area contributed by atoms with Crippen LogP contribution in [0.4, 0.5) is 0 Å². The summed E-state index contributed by atoms with van der Waals surface area (Å²) in [5, 5.41) is 9.07. The van der Waals surface area contributed by atoms with Crippen molar-refractivity contribution in [2.24, 2.45) is 5.92 Å². The van der Waals surface area contributed by atoms with E-state index in [-0.39, 0.29) is 12.5 Å². The van der Waals surface area contributed by atoms with Crippen LogP contribution in [-0.4, -0.2) is 60.4 Å². The van der Waals surface area contributed by atoms with Crippen molar-refractivity contribution in [2.75, 3.05) is 26.4 Å². The van der Waals surface area contributed by atoms with Gasteiger partial charge in [0.05, 0.1) is 13.2 Å². The second-order valence-electron chi connectivity index (χ2n) is 5.16. The van der Waals surface area contributed by atoms with Crippen molar-refractivity contribution in [3.63, 3.8) is 0 Å². The molecule has 0 aromatic rings. The van der Waals surface area contributed by atoms with Crippen LogP contribution in [0.5, 0.6) is 0 Å². The zero-order valence-electron chi connectivity index (χ0n) is 11.8. The predicted octanol–water partition coefficient (Wildman–Crippen LogP) is 0.750. The van der Waals surface area contributed by atoms with E-state index in [1.54, 1.807) is 6.92 Å². The molecule has 1 N–H and O–H groups in total. The molecule has 0 bridgehead atoms. The topological polar surface area (TPSA) is 76.1 Å². The number of nitrogens with zero attached hydrogens (tertiary/aromatic N) is 1. The van der Waals surface area contributed by atoms with Crippen LogP contribution in [0.15, 0.2) is 0 Å². The molecule has 1 amide bonds. The number of carbonyl (C=O) groups is 2. The maximum Gasteiger partial charge on any atom is 0.328 e. The maximum atomic E-state index is 12.2. The average Bonchev–Trinajstić information content (AvgIpc) is 2.37. The van der Waals surface area contributed by atoms with Crippen LogP contribution in [0.25, 0.3) is 0 Å². The number of hydrogen-bond acceptors (Lipinski definition) is 4. The Bertz CT molecular complexity index is 318. The lowest BCUT2D eigenvalue weighted by molar-refractivity contribution is -0.163. The molecule has 0 spiro atoms. The minimum atomic E-state index is -1.04. The lowest BCUT2D eigenvalue weighted by atomic mass is 10.1. The van der Waals surface area contributed by atoms with Gasteiger partial charge in [-0.05, 0) is 19.3 Å². The summed E-state index contributed by atoms with van der Waals surface area (Å²) in [5.41, 5.74) is 0. The summed E-state index contributed by atoms with van der Waals surface area (Å²) in [6.45, 7) is 7.04. The second kappa shape index (κ2) is 7.45. The van der Waals surface area contributed by atoms with E-state index in [2.05, 4.69) is 13.8 Å². The monoisotopic (exact) mass is 273 g/mol. The molecule has 1 aliphatic heterocycles. The molecule has 6 heteroatoms. The summed E-state index contributed by atoms with van der Waals surface area (Å²) in [4.78, 5) is 24.6. The van der Waals surface area contributed by atoms with Crippen LogP contribution in [0.2, 0.25) is 0 Å². The van der Waals surface area contributed by atoms with Crippen molar-refractivity contribution in [2.45, 2.75) is 39.3 Å². The van der Waals surface area contributed by atoms with Crippen molar-refractivity contribution in [1.29, 1.82) is 0 Å². The van der Waals surface area contributed by atoms with E-state index in [1.165, 1.54) is 4.90 Å². The van der Waals surface area contributed by atoms with Gasteiger partial charge in [0.1, 0.15) is 6.10 Å². The van der Waals surface area contributed by atoms with E-state index >= 15 is 0 Å². The van der Waals surface area contributed by atoms with Crippen molar-refractivity contribution in [1.82, 2.24) is 4.90 Å². The number of carboxylic acids is 1. The first-order chi connectivity index (χ1) is 8.93. The van der Waals surface area contributed by atoms with Gasteiger partial charge >= 0.3 is 5.97 Å². The van der Waals surface area contributed by atoms with Crippen LogP contribution in [-0.2, 0) is 19.1 Å². The quantitative estimate of drug-likeness (QED) is 0.773. The largest absolute Gasteiger partial charge is 0.480 e. The van der Waals surface area contributed by atoms with Crippen molar-refractivity contribution in [3.8, 4) is 0 Å². The summed E-state index contributed by atoms with van der Waals surface area (Å²) >= 11 is 0. The average molecular weight is 273 g/mol. The minimum absolute atomic E-state index is 0.0415. The van der Waals surface area contributed by atoms with E-state index < -0.39 is 18.1 Å². The predicted molar refractivity (Wildman–Crippen MR) is 68.8 cm³/mol. The first-order valence-electron chi connectivity index (χ1n) is 6.66. The van der Waals surface area contributed by atoms with Crippen molar-refractivity contribution in [3.05, 3.63) is 0 Å². The molecule has 6 nitrogen and oxygen atoms in total. The number of aliphatic carboxylic acids is 1. The van der Waals surface area contributed by atoms with Crippen LogP contribution in [0, 0.1) is 5.92 Å². The van der Waals surface area contributed by atoms with Gasteiger partial charge in [0.25, 0.3) is 5.91 Å². The molecule has 2 atom stereocenters. The van der Waals surface area contributed by atoms with Gasteiger partial charge in [0, 0.05) is 13.2 Å². The van der Waals surface area contributed by atoms with E-state index in [0.717, 1.165) is 6.42 Å². The molecule has 0 aliphatic carbocycles. The molecule has 110 valence electrons. The zero-order valence-corrected chi connectivity index (χ0v) is 11.8. The van der Waals surface area contributed by atoms with Gasteiger partial charge in [-0.25, -0.2) is 4.79 Å². The molecule has 1 saturated heterocycles. The number of rotatable bonds is 6. The van der Waals surface area contributed by atoms with Gasteiger partial charge in [0.15, 0.2) is 6.04 Å².